The van der Waals surface area contributed by atoms with E-state index in [0.29, 0.717) is 6.04 Å². The lowest BCUT2D eigenvalue weighted by Gasteiger charge is -2.33. The Balaban J connectivity index is 1.73. The molecule has 0 radical (unpaired) electrons. The summed E-state index contributed by atoms with van der Waals surface area (Å²) in [4.78, 5) is 6.89. The molecule has 0 spiro atoms. The molecule has 1 atom stereocenters. The van der Waals surface area contributed by atoms with Crippen LogP contribution in [0.3, 0.4) is 0 Å². The largest absolute Gasteiger partial charge is 0.424 e. The molecule has 0 aliphatic carbocycles. The van der Waals surface area contributed by atoms with Gasteiger partial charge in [0.2, 0.25) is 11.8 Å². The number of hydrogen-bond donors (Lipinski definition) is 0. The van der Waals surface area contributed by atoms with Gasteiger partial charge in [0.15, 0.2) is 0 Å². The number of thiazole rings is 1. The fraction of sp³-hybridized carbons (Fsp3) is 0.643. The minimum absolute atomic E-state index is 0.285. The Morgan fingerprint density at radius 1 is 1.40 bits per heavy atom. The first-order valence-corrected chi connectivity index (χ1v) is 8.07. The predicted octanol–water partition coefficient (Wildman–Crippen LogP) is 3.38. The summed E-state index contributed by atoms with van der Waals surface area (Å²) in [6.07, 6.45) is 5.55. The van der Waals surface area contributed by atoms with Crippen LogP contribution in [0.25, 0.3) is 0 Å². The Hall–Kier alpha value is -1.27. The number of rotatable bonds is 4. The number of aromatic nitrogens is 3. The van der Waals surface area contributed by atoms with Crippen LogP contribution in [0.15, 0.2) is 16.0 Å². The van der Waals surface area contributed by atoms with Crippen molar-refractivity contribution >= 4 is 11.3 Å². The molecule has 5 nitrogen and oxygen atoms in total. The Kier molecular flexibility index (Phi) is 4.12. The average molecular weight is 292 g/mol. The SMILES string of the molecule is CC(C)c1nnc(CN2CCCC[C@@H]2c2nccs2)o1. The van der Waals surface area contributed by atoms with Crippen LogP contribution in [0.4, 0.5) is 0 Å². The van der Waals surface area contributed by atoms with Crippen LogP contribution in [0.5, 0.6) is 0 Å². The minimum atomic E-state index is 0.285. The Bertz CT molecular complexity index is 537. The van der Waals surface area contributed by atoms with E-state index >= 15 is 0 Å². The van der Waals surface area contributed by atoms with E-state index in [1.54, 1.807) is 11.3 Å². The summed E-state index contributed by atoms with van der Waals surface area (Å²) >= 11 is 1.73. The van der Waals surface area contributed by atoms with Gasteiger partial charge in [-0.1, -0.05) is 20.3 Å². The van der Waals surface area contributed by atoms with Gasteiger partial charge in [0.05, 0.1) is 12.6 Å². The van der Waals surface area contributed by atoms with Crippen LogP contribution in [0, 0.1) is 0 Å². The van der Waals surface area contributed by atoms with Gasteiger partial charge in [0, 0.05) is 17.5 Å². The standard InChI is InChI=1S/C14H20N4OS/c1-10(2)13-17-16-12(19-13)9-18-7-4-3-5-11(18)14-15-6-8-20-14/h6,8,10-11H,3-5,7,9H2,1-2H3/t11-/m1/s1. The van der Waals surface area contributed by atoms with Crippen molar-refractivity contribution in [2.24, 2.45) is 0 Å². The molecule has 0 amide bonds. The third-order valence-corrected chi connectivity index (χ3v) is 4.54. The average Bonchev–Trinajstić information content (AvgIpc) is 3.10. The van der Waals surface area contributed by atoms with Gasteiger partial charge in [0.1, 0.15) is 5.01 Å². The number of hydrogen-bond acceptors (Lipinski definition) is 6. The molecule has 0 N–H and O–H groups in total. The van der Waals surface area contributed by atoms with Gasteiger partial charge < -0.3 is 4.42 Å². The molecule has 0 aromatic carbocycles. The van der Waals surface area contributed by atoms with Crippen molar-refractivity contribution in [3.8, 4) is 0 Å². The van der Waals surface area contributed by atoms with Gasteiger partial charge in [-0.15, -0.1) is 21.5 Å². The Morgan fingerprint density at radius 2 is 2.30 bits per heavy atom. The first-order chi connectivity index (χ1) is 9.74. The summed E-state index contributed by atoms with van der Waals surface area (Å²) in [5.41, 5.74) is 0. The molecule has 2 aromatic heterocycles. The number of piperidine rings is 1. The van der Waals surface area contributed by atoms with Crippen molar-refractivity contribution < 1.29 is 4.42 Å². The van der Waals surface area contributed by atoms with E-state index in [1.165, 1.54) is 24.3 Å². The van der Waals surface area contributed by atoms with Crippen molar-refractivity contribution in [1.29, 1.82) is 0 Å². The molecule has 2 aromatic rings. The van der Waals surface area contributed by atoms with Gasteiger partial charge >= 0.3 is 0 Å². The van der Waals surface area contributed by atoms with E-state index in [4.69, 9.17) is 4.42 Å². The Morgan fingerprint density at radius 3 is 3.00 bits per heavy atom. The van der Waals surface area contributed by atoms with Crippen LogP contribution in [0.2, 0.25) is 0 Å². The zero-order chi connectivity index (χ0) is 13.9. The maximum absolute atomic E-state index is 5.73. The molecule has 0 unspecified atom stereocenters. The summed E-state index contributed by atoms with van der Waals surface area (Å²) in [5.74, 6) is 1.73. The minimum Gasteiger partial charge on any atom is -0.424 e. The van der Waals surface area contributed by atoms with E-state index in [2.05, 4.69) is 33.9 Å². The normalized spacial score (nSPS) is 20.6. The second-order valence-electron chi connectivity index (χ2n) is 5.54. The number of nitrogens with zero attached hydrogens (tertiary/aromatic N) is 4. The van der Waals surface area contributed by atoms with Gasteiger partial charge in [0.25, 0.3) is 0 Å². The maximum Gasteiger partial charge on any atom is 0.230 e. The second-order valence-corrected chi connectivity index (χ2v) is 6.47. The molecule has 3 heterocycles. The molecule has 20 heavy (non-hydrogen) atoms. The third-order valence-electron chi connectivity index (χ3n) is 3.66. The molecule has 108 valence electrons. The first-order valence-electron chi connectivity index (χ1n) is 7.19. The topological polar surface area (TPSA) is 55.1 Å². The summed E-state index contributed by atoms with van der Waals surface area (Å²) in [6, 6.07) is 0.401. The smallest absolute Gasteiger partial charge is 0.230 e. The third kappa shape index (κ3) is 2.91. The molecular formula is C14H20N4OS. The monoisotopic (exact) mass is 292 g/mol. The van der Waals surface area contributed by atoms with Crippen molar-refractivity contribution in [3.63, 3.8) is 0 Å². The summed E-state index contributed by atoms with van der Waals surface area (Å²) < 4.78 is 5.73. The quantitative estimate of drug-likeness (QED) is 0.864. The zero-order valence-electron chi connectivity index (χ0n) is 12.0. The first kappa shape index (κ1) is 13.7. The fourth-order valence-corrected chi connectivity index (χ4v) is 3.40. The van der Waals surface area contributed by atoms with Crippen LogP contribution in [0.1, 0.15) is 61.9 Å². The highest BCUT2D eigenvalue weighted by atomic mass is 32.1. The van der Waals surface area contributed by atoms with Crippen molar-refractivity contribution in [3.05, 3.63) is 28.4 Å². The summed E-state index contributed by atoms with van der Waals surface area (Å²) in [5, 5.41) is 11.5. The fourth-order valence-electron chi connectivity index (χ4n) is 2.60. The molecular weight excluding hydrogens is 272 g/mol. The maximum atomic E-state index is 5.73. The molecule has 0 saturated carbocycles. The van der Waals surface area contributed by atoms with Crippen LogP contribution < -0.4 is 0 Å². The summed E-state index contributed by atoms with van der Waals surface area (Å²) in [6.45, 7) is 5.93. The highest BCUT2D eigenvalue weighted by Crippen LogP contribution is 2.33. The summed E-state index contributed by atoms with van der Waals surface area (Å²) in [7, 11) is 0. The highest BCUT2D eigenvalue weighted by molar-refractivity contribution is 7.09. The lowest BCUT2D eigenvalue weighted by Crippen LogP contribution is -2.33. The van der Waals surface area contributed by atoms with Crippen LogP contribution >= 0.6 is 11.3 Å². The number of likely N-dealkylation sites (tertiary alicyclic amines) is 1. The van der Waals surface area contributed by atoms with Crippen molar-refractivity contribution in [2.75, 3.05) is 6.54 Å². The van der Waals surface area contributed by atoms with Crippen LogP contribution in [-0.2, 0) is 6.54 Å². The molecule has 1 aliphatic rings. The van der Waals surface area contributed by atoms with E-state index < -0.39 is 0 Å². The van der Waals surface area contributed by atoms with Gasteiger partial charge in [-0.3, -0.25) is 4.90 Å². The Labute approximate surface area is 123 Å². The van der Waals surface area contributed by atoms with E-state index in [9.17, 15) is 0 Å². The lowest BCUT2D eigenvalue weighted by atomic mass is 10.0. The zero-order valence-corrected chi connectivity index (χ0v) is 12.8. The van der Waals surface area contributed by atoms with Crippen LogP contribution in [-0.4, -0.2) is 26.6 Å². The van der Waals surface area contributed by atoms with E-state index in [1.807, 2.05) is 11.6 Å². The van der Waals surface area contributed by atoms with Gasteiger partial charge in [-0.05, 0) is 19.4 Å². The highest BCUT2D eigenvalue weighted by Gasteiger charge is 2.27. The molecule has 1 aliphatic heterocycles. The van der Waals surface area contributed by atoms with Crippen molar-refractivity contribution in [1.82, 2.24) is 20.1 Å². The van der Waals surface area contributed by atoms with E-state index in [-0.39, 0.29) is 5.92 Å². The molecule has 1 saturated heterocycles. The van der Waals surface area contributed by atoms with Gasteiger partial charge in [-0.25, -0.2) is 4.98 Å². The van der Waals surface area contributed by atoms with Gasteiger partial charge in [-0.2, -0.15) is 0 Å². The molecule has 6 heteroatoms. The molecule has 3 rings (SSSR count). The predicted molar refractivity (Wildman–Crippen MR) is 77.5 cm³/mol. The molecule has 0 bridgehead atoms. The molecule has 1 fully saturated rings. The lowest BCUT2D eigenvalue weighted by molar-refractivity contribution is 0.126. The van der Waals surface area contributed by atoms with E-state index in [0.717, 1.165) is 24.9 Å². The van der Waals surface area contributed by atoms with Crippen molar-refractivity contribution in [2.45, 2.75) is 51.6 Å². The second kappa shape index (κ2) is 6.01.